The van der Waals surface area contributed by atoms with E-state index in [9.17, 15) is 9.59 Å². The van der Waals surface area contributed by atoms with Crippen LogP contribution in [0, 0.1) is 0 Å². The summed E-state index contributed by atoms with van der Waals surface area (Å²) in [6, 6.07) is -0.481. The molecule has 0 saturated carbocycles. The fraction of sp³-hybridized carbons (Fsp3) is 0.700. The van der Waals surface area contributed by atoms with Gasteiger partial charge in [-0.15, -0.1) is 0 Å². The maximum atomic E-state index is 11.8. The first-order valence-electron chi connectivity index (χ1n) is 5.67. The fourth-order valence-electron chi connectivity index (χ4n) is 1.60. The number of carbonyl (C=O) groups excluding carboxylic acids is 2. The van der Waals surface area contributed by atoms with Gasteiger partial charge in [-0.25, -0.2) is 10.8 Å². The van der Waals surface area contributed by atoms with E-state index >= 15 is 0 Å². The van der Waals surface area contributed by atoms with Gasteiger partial charge in [0.05, 0.1) is 13.2 Å². The monoisotopic (exact) mass is 257 g/mol. The summed E-state index contributed by atoms with van der Waals surface area (Å²) in [5.74, 6) is 5.17. The highest BCUT2D eigenvalue weighted by molar-refractivity contribution is 6.01. The Bertz CT molecular complexity index is 344. The van der Waals surface area contributed by atoms with Crippen LogP contribution < -0.4 is 16.6 Å². The number of imide groups is 1. The second-order valence-corrected chi connectivity index (χ2v) is 3.89. The van der Waals surface area contributed by atoms with E-state index in [1.165, 1.54) is 7.05 Å². The molecule has 1 heterocycles. The predicted molar refractivity (Wildman–Crippen MR) is 65.4 cm³/mol. The third kappa shape index (κ3) is 3.67. The van der Waals surface area contributed by atoms with E-state index in [4.69, 9.17) is 10.6 Å². The lowest BCUT2D eigenvalue weighted by atomic mass is 10.1. The van der Waals surface area contributed by atoms with Crippen LogP contribution in [0.4, 0.5) is 0 Å². The number of hydrogen-bond acceptors (Lipinski definition) is 5. The lowest BCUT2D eigenvalue weighted by Crippen LogP contribution is -2.56. The first-order valence-corrected chi connectivity index (χ1v) is 5.67. The number of nitrogens with zero attached hydrogens (tertiary/aromatic N) is 2. The van der Waals surface area contributed by atoms with Gasteiger partial charge in [0.1, 0.15) is 6.04 Å². The number of methoxy groups -OCH3 is 1. The Labute approximate surface area is 106 Å². The van der Waals surface area contributed by atoms with Gasteiger partial charge in [-0.2, -0.15) is 0 Å². The second kappa shape index (κ2) is 6.92. The number of piperidine rings is 1. The number of guanidine groups is 1. The van der Waals surface area contributed by atoms with Crippen LogP contribution in [0.5, 0.6) is 0 Å². The molecule has 1 aliphatic heterocycles. The predicted octanol–water partition coefficient (Wildman–Crippen LogP) is -1.81. The van der Waals surface area contributed by atoms with Crippen molar-refractivity contribution in [3.8, 4) is 0 Å². The quantitative estimate of drug-likeness (QED) is 0.137. The number of carbonyl (C=O) groups is 2. The summed E-state index contributed by atoms with van der Waals surface area (Å²) in [4.78, 5) is 28.3. The van der Waals surface area contributed by atoms with Crippen molar-refractivity contribution in [2.45, 2.75) is 18.9 Å². The molecular formula is C10H19N5O3. The molecule has 1 fully saturated rings. The molecule has 0 spiro atoms. The van der Waals surface area contributed by atoms with Gasteiger partial charge in [-0.1, -0.05) is 0 Å². The van der Waals surface area contributed by atoms with Crippen LogP contribution in [0.25, 0.3) is 0 Å². The van der Waals surface area contributed by atoms with Crippen LogP contribution >= 0.6 is 0 Å². The Morgan fingerprint density at radius 2 is 2.33 bits per heavy atom. The molecule has 0 aromatic heterocycles. The molecule has 1 rings (SSSR count). The average Bonchev–Trinajstić information content (AvgIpc) is 2.38. The van der Waals surface area contributed by atoms with Crippen LogP contribution in [-0.2, 0) is 14.3 Å². The van der Waals surface area contributed by atoms with Gasteiger partial charge in [0.25, 0.3) is 5.91 Å². The fourth-order valence-corrected chi connectivity index (χ4v) is 1.60. The van der Waals surface area contributed by atoms with Crippen LogP contribution in [-0.4, -0.2) is 56.0 Å². The van der Waals surface area contributed by atoms with E-state index in [2.05, 4.69) is 15.7 Å². The van der Waals surface area contributed by atoms with Crippen molar-refractivity contribution in [2.75, 3.05) is 27.3 Å². The molecule has 0 aromatic rings. The molecule has 8 nitrogen and oxygen atoms in total. The molecular weight excluding hydrogens is 238 g/mol. The maximum Gasteiger partial charge on any atom is 0.251 e. The SMILES string of the molecule is COCCN=C(NN)NC1CCC(=O)N(C)C1=O. The summed E-state index contributed by atoms with van der Waals surface area (Å²) in [7, 11) is 3.04. The number of likely N-dealkylation sites (N-methyl/N-ethyl adjacent to an activating group) is 1. The molecule has 18 heavy (non-hydrogen) atoms. The Balaban J connectivity index is 2.57. The standard InChI is InChI=1S/C10H19N5O3/c1-15-8(16)4-3-7(9(15)17)13-10(14-11)12-5-6-18-2/h7H,3-6,11H2,1-2H3,(H2,12,13,14). The van der Waals surface area contributed by atoms with Gasteiger partial charge in [-0.3, -0.25) is 19.9 Å². The first-order chi connectivity index (χ1) is 8.60. The first kappa shape index (κ1) is 14.4. The number of aliphatic imine (C=N–C) groups is 1. The maximum absolute atomic E-state index is 11.8. The number of nitrogens with one attached hydrogen (secondary N) is 2. The van der Waals surface area contributed by atoms with Gasteiger partial charge in [-0.05, 0) is 6.42 Å². The van der Waals surface area contributed by atoms with Crippen LogP contribution in [0.15, 0.2) is 4.99 Å². The molecule has 1 aliphatic rings. The Kier molecular flexibility index (Phi) is 5.53. The van der Waals surface area contributed by atoms with Gasteiger partial charge in [0, 0.05) is 20.6 Å². The van der Waals surface area contributed by atoms with Crippen LogP contribution in [0.3, 0.4) is 0 Å². The van der Waals surface area contributed by atoms with Crippen LogP contribution in [0.1, 0.15) is 12.8 Å². The molecule has 2 amide bonds. The highest BCUT2D eigenvalue weighted by atomic mass is 16.5. The summed E-state index contributed by atoms with van der Waals surface area (Å²) in [6.45, 7) is 0.891. The van der Waals surface area contributed by atoms with Gasteiger partial charge >= 0.3 is 0 Å². The number of ether oxygens (including phenoxy) is 1. The Hall–Kier alpha value is -1.67. The van der Waals surface area contributed by atoms with Crippen molar-refractivity contribution in [1.82, 2.24) is 15.6 Å². The van der Waals surface area contributed by atoms with Gasteiger partial charge < -0.3 is 10.1 Å². The summed E-state index contributed by atoms with van der Waals surface area (Å²) >= 11 is 0. The lowest BCUT2D eigenvalue weighted by molar-refractivity contribution is -0.147. The zero-order chi connectivity index (χ0) is 13.5. The molecule has 1 saturated heterocycles. The highest BCUT2D eigenvalue weighted by Crippen LogP contribution is 2.10. The zero-order valence-electron chi connectivity index (χ0n) is 10.6. The molecule has 102 valence electrons. The van der Waals surface area contributed by atoms with E-state index in [-0.39, 0.29) is 11.8 Å². The molecule has 1 atom stereocenters. The van der Waals surface area contributed by atoms with Gasteiger partial charge in [0.2, 0.25) is 11.9 Å². The smallest absolute Gasteiger partial charge is 0.251 e. The summed E-state index contributed by atoms with van der Waals surface area (Å²) in [5.41, 5.74) is 2.38. The van der Waals surface area contributed by atoms with Crippen molar-refractivity contribution in [2.24, 2.45) is 10.8 Å². The molecule has 0 radical (unpaired) electrons. The molecule has 0 bridgehead atoms. The third-order valence-corrected chi connectivity index (χ3v) is 2.66. The number of hydrogen-bond donors (Lipinski definition) is 3. The van der Waals surface area contributed by atoms with Crippen molar-refractivity contribution < 1.29 is 14.3 Å². The van der Waals surface area contributed by atoms with E-state index in [0.717, 1.165) is 4.90 Å². The van der Waals surface area contributed by atoms with E-state index < -0.39 is 6.04 Å². The minimum Gasteiger partial charge on any atom is -0.383 e. The molecule has 4 N–H and O–H groups in total. The summed E-state index contributed by atoms with van der Waals surface area (Å²) in [6.07, 6.45) is 0.767. The van der Waals surface area contributed by atoms with Crippen molar-refractivity contribution in [3.63, 3.8) is 0 Å². The molecule has 0 aromatic carbocycles. The topological polar surface area (TPSA) is 109 Å². The third-order valence-electron chi connectivity index (χ3n) is 2.66. The van der Waals surface area contributed by atoms with Crippen LogP contribution in [0.2, 0.25) is 0 Å². The molecule has 8 heteroatoms. The minimum absolute atomic E-state index is 0.170. The number of hydrazine groups is 1. The largest absolute Gasteiger partial charge is 0.383 e. The van der Waals surface area contributed by atoms with E-state index in [0.29, 0.717) is 32.0 Å². The normalized spacial score (nSPS) is 21.2. The van der Waals surface area contributed by atoms with E-state index in [1.807, 2.05) is 0 Å². The van der Waals surface area contributed by atoms with Gasteiger partial charge in [0.15, 0.2) is 0 Å². The molecule has 1 unspecified atom stereocenters. The highest BCUT2D eigenvalue weighted by Gasteiger charge is 2.32. The molecule has 0 aliphatic carbocycles. The van der Waals surface area contributed by atoms with Crippen molar-refractivity contribution in [3.05, 3.63) is 0 Å². The number of nitrogens with two attached hydrogens (primary N) is 1. The Morgan fingerprint density at radius 1 is 1.61 bits per heavy atom. The number of likely N-dealkylation sites (tertiary alicyclic amines) is 1. The minimum atomic E-state index is -0.481. The number of amides is 2. The summed E-state index contributed by atoms with van der Waals surface area (Å²) < 4.78 is 4.86. The van der Waals surface area contributed by atoms with E-state index in [1.54, 1.807) is 7.11 Å². The van der Waals surface area contributed by atoms with Crippen molar-refractivity contribution >= 4 is 17.8 Å². The van der Waals surface area contributed by atoms with Crippen molar-refractivity contribution in [1.29, 1.82) is 0 Å². The summed E-state index contributed by atoms with van der Waals surface area (Å²) in [5, 5.41) is 2.88. The Morgan fingerprint density at radius 3 is 2.94 bits per heavy atom. The lowest BCUT2D eigenvalue weighted by Gasteiger charge is -2.28. The zero-order valence-corrected chi connectivity index (χ0v) is 10.6. The average molecular weight is 257 g/mol. The second-order valence-electron chi connectivity index (χ2n) is 3.89. The number of rotatable bonds is 4.